The summed E-state index contributed by atoms with van der Waals surface area (Å²) < 4.78 is 56.9. The Morgan fingerprint density at radius 1 is 1.34 bits per heavy atom. The second-order valence-electron chi connectivity index (χ2n) is 8.52. The van der Waals surface area contributed by atoms with Crippen LogP contribution in [0.5, 0.6) is 0 Å². The molecule has 0 unspecified atom stereocenters. The van der Waals surface area contributed by atoms with Gasteiger partial charge in [-0.15, -0.1) is 10.2 Å². The van der Waals surface area contributed by atoms with Crippen LogP contribution in [0.15, 0.2) is 29.4 Å². The first kappa shape index (κ1) is 21.6. The maximum absolute atomic E-state index is 13.2. The molecule has 1 atom stereocenters. The van der Waals surface area contributed by atoms with Crippen LogP contribution in [0.25, 0.3) is 21.9 Å². The van der Waals surface area contributed by atoms with Crippen LogP contribution in [0.3, 0.4) is 0 Å². The van der Waals surface area contributed by atoms with Crippen molar-refractivity contribution in [2.75, 3.05) is 6.54 Å². The molecule has 4 heterocycles. The number of aromatic nitrogens is 4. The molecule has 2 aliphatic rings. The maximum atomic E-state index is 13.2. The third-order valence-corrected chi connectivity index (χ3v) is 8.32. The minimum absolute atomic E-state index is 0.0954. The lowest BCUT2D eigenvalue weighted by molar-refractivity contribution is 0.150. The van der Waals surface area contributed by atoms with Gasteiger partial charge in [0.1, 0.15) is 0 Å². The molecule has 8 nitrogen and oxygen atoms in total. The predicted molar refractivity (Wildman–Crippen MR) is 117 cm³/mol. The normalized spacial score (nSPS) is 20.7. The second-order valence-corrected chi connectivity index (χ2v) is 11.2. The van der Waals surface area contributed by atoms with Crippen LogP contribution in [-0.2, 0) is 10.0 Å². The van der Waals surface area contributed by atoms with Crippen LogP contribution < -0.4 is 10.0 Å². The van der Waals surface area contributed by atoms with Crippen molar-refractivity contribution in [1.82, 2.24) is 29.6 Å². The van der Waals surface area contributed by atoms with Crippen LogP contribution >= 0.6 is 11.3 Å². The molecule has 1 fully saturated rings. The molecule has 1 saturated carbocycles. The van der Waals surface area contributed by atoms with E-state index < -0.39 is 27.0 Å². The summed E-state index contributed by atoms with van der Waals surface area (Å²) in [6.45, 7) is 4.67. The van der Waals surface area contributed by atoms with Crippen LogP contribution in [0, 0.1) is 0 Å². The number of alkyl halides is 2. The summed E-state index contributed by atoms with van der Waals surface area (Å²) in [6.07, 6.45) is 4.72. The van der Waals surface area contributed by atoms with E-state index in [-0.39, 0.29) is 21.8 Å². The summed E-state index contributed by atoms with van der Waals surface area (Å²) in [5.74, 6) is 0.280. The standard InChI is InChI=1S/C20H22F2N6O2S2/c1-11-7-12(3-6-23-11)14-8-13(32(29,30)27-20(2)4-5-20)10-28-15(14)9-24-17(28)19-26-25-18(31-19)16(21)22/h7-11,16,23,27H,3-6H2,1-2H3/t11-/m1/s1. The molecule has 1 aliphatic heterocycles. The molecule has 5 rings (SSSR count). The van der Waals surface area contributed by atoms with Crippen molar-refractivity contribution in [3.8, 4) is 10.8 Å². The third kappa shape index (κ3) is 3.96. The molecule has 3 aromatic rings. The molecule has 0 aromatic carbocycles. The smallest absolute Gasteiger partial charge is 0.291 e. The van der Waals surface area contributed by atoms with Gasteiger partial charge in [-0.25, -0.2) is 26.9 Å². The zero-order valence-electron chi connectivity index (χ0n) is 17.5. The Hall–Kier alpha value is -2.28. The minimum atomic E-state index is -3.80. The quantitative estimate of drug-likeness (QED) is 0.561. The van der Waals surface area contributed by atoms with E-state index in [4.69, 9.17) is 0 Å². The third-order valence-electron chi connectivity index (χ3n) is 5.78. The lowest BCUT2D eigenvalue weighted by Crippen LogP contribution is -2.34. The van der Waals surface area contributed by atoms with Gasteiger partial charge < -0.3 is 5.32 Å². The van der Waals surface area contributed by atoms with Crippen molar-refractivity contribution in [2.45, 2.75) is 56.0 Å². The fourth-order valence-corrected chi connectivity index (χ4v) is 6.00. The number of hydrogen-bond acceptors (Lipinski definition) is 7. The number of imidazole rings is 1. The Bertz CT molecular complexity index is 1330. The molecular formula is C20H22F2N6O2S2. The monoisotopic (exact) mass is 480 g/mol. The molecule has 2 N–H and O–H groups in total. The molecular weight excluding hydrogens is 458 g/mol. The first-order chi connectivity index (χ1) is 15.2. The van der Waals surface area contributed by atoms with Gasteiger partial charge >= 0.3 is 0 Å². The number of rotatable bonds is 6. The van der Waals surface area contributed by atoms with Crippen molar-refractivity contribution in [3.63, 3.8) is 0 Å². The Balaban J connectivity index is 1.70. The van der Waals surface area contributed by atoms with Gasteiger partial charge in [0.05, 0.1) is 16.6 Å². The molecule has 32 heavy (non-hydrogen) atoms. The van der Waals surface area contributed by atoms with Gasteiger partial charge in [0.25, 0.3) is 6.43 Å². The topological polar surface area (TPSA) is 101 Å². The molecule has 1 aliphatic carbocycles. The Morgan fingerprint density at radius 2 is 2.12 bits per heavy atom. The van der Waals surface area contributed by atoms with Crippen molar-refractivity contribution in [3.05, 3.63) is 35.1 Å². The van der Waals surface area contributed by atoms with Gasteiger partial charge in [0.2, 0.25) is 10.0 Å². The van der Waals surface area contributed by atoms with E-state index in [1.807, 2.05) is 13.8 Å². The molecule has 3 aromatic heterocycles. The summed E-state index contributed by atoms with van der Waals surface area (Å²) >= 11 is 0.744. The molecule has 0 saturated heterocycles. The van der Waals surface area contributed by atoms with E-state index in [1.165, 1.54) is 6.20 Å². The van der Waals surface area contributed by atoms with E-state index in [2.05, 4.69) is 31.3 Å². The van der Waals surface area contributed by atoms with Crippen LogP contribution in [-0.4, -0.2) is 46.1 Å². The summed E-state index contributed by atoms with van der Waals surface area (Å²) in [7, 11) is -3.80. The van der Waals surface area contributed by atoms with Crippen molar-refractivity contribution < 1.29 is 17.2 Å². The second kappa shape index (κ2) is 7.65. The number of nitrogens with zero attached hydrogens (tertiary/aromatic N) is 4. The van der Waals surface area contributed by atoms with E-state index in [0.717, 1.165) is 48.3 Å². The Morgan fingerprint density at radius 3 is 2.78 bits per heavy atom. The van der Waals surface area contributed by atoms with Crippen molar-refractivity contribution in [1.29, 1.82) is 0 Å². The highest BCUT2D eigenvalue weighted by atomic mass is 32.2. The summed E-state index contributed by atoms with van der Waals surface area (Å²) in [5, 5.41) is 10.5. The molecule has 0 spiro atoms. The average Bonchev–Trinajstić information content (AvgIpc) is 3.14. The highest BCUT2D eigenvalue weighted by Crippen LogP contribution is 2.37. The summed E-state index contributed by atoms with van der Waals surface area (Å²) in [5.41, 5.74) is 2.01. The van der Waals surface area contributed by atoms with Gasteiger partial charge in [-0.1, -0.05) is 17.4 Å². The first-order valence-electron chi connectivity index (χ1n) is 10.3. The van der Waals surface area contributed by atoms with Gasteiger partial charge in [-0.05, 0) is 51.3 Å². The fraction of sp³-hybridized carbons (Fsp3) is 0.450. The van der Waals surface area contributed by atoms with E-state index in [0.29, 0.717) is 5.52 Å². The number of sulfonamides is 1. The predicted octanol–water partition coefficient (Wildman–Crippen LogP) is 3.39. The van der Waals surface area contributed by atoms with Crippen molar-refractivity contribution >= 4 is 32.4 Å². The summed E-state index contributed by atoms with van der Waals surface area (Å²) in [6, 6.07) is 1.81. The minimum Gasteiger partial charge on any atom is -0.310 e. The lowest BCUT2D eigenvalue weighted by Gasteiger charge is -2.21. The molecule has 0 amide bonds. The molecule has 0 radical (unpaired) electrons. The fourth-order valence-electron chi connectivity index (χ4n) is 3.82. The Kier molecular flexibility index (Phi) is 5.15. The summed E-state index contributed by atoms with van der Waals surface area (Å²) in [4.78, 5) is 4.49. The van der Waals surface area contributed by atoms with Gasteiger partial charge in [0, 0.05) is 23.3 Å². The number of halogens is 2. The highest BCUT2D eigenvalue weighted by molar-refractivity contribution is 7.89. The largest absolute Gasteiger partial charge is 0.310 e. The van der Waals surface area contributed by atoms with Gasteiger partial charge in [0.15, 0.2) is 15.8 Å². The lowest BCUT2D eigenvalue weighted by atomic mass is 9.97. The van der Waals surface area contributed by atoms with Crippen LogP contribution in [0.4, 0.5) is 8.78 Å². The zero-order chi connectivity index (χ0) is 22.7. The number of nitrogens with one attached hydrogen (secondary N) is 2. The first-order valence-corrected chi connectivity index (χ1v) is 12.6. The highest BCUT2D eigenvalue weighted by Gasteiger charge is 2.41. The molecule has 0 bridgehead atoms. The molecule has 170 valence electrons. The zero-order valence-corrected chi connectivity index (χ0v) is 19.1. The number of fused-ring (bicyclic) bond motifs is 1. The van der Waals surface area contributed by atoms with Crippen LogP contribution in [0.1, 0.15) is 50.1 Å². The maximum Gasteiger partial charge on any atom is 0.291 e. The SMILES string of the molecule is C[C@@H]1C=C(c2cc(S(=O)(=O)NC3(C)CC3)cn3c(-c4nnc(C(F)F)s4)ncc23)CCN1. The van der Waals surface area contributed by atoms with Gasteiger partial charge in [-0.2, -0.15) is 0 Å². The average molecular weight is 481 g/mol. The molecule has 12 heteroatoms. The van der Waals surface area contributed by atoms with Crippen molar-refractivity contribution in [2.24, 2.45) is 0 Å². The Labute approximate surface area is 187 Å². The van der Waals surface area contributed by atoms with E-state index in [9.17, 15) is 17.2 Å². The van der Waals surface area contributed by atoms with E-state index in [1.54, 1.807) is 16.7 Å². The number of pyridine rings is 1. The van der Waals surface area contributed by atoms with E-state index >= 15 is 0 Å². The van der Waals surface area contributed by atoms with Gasteiger partial charge in [-0.3, -0.25) is 4.40 Å². The number of hydrogen-bond donors (Lipinski definition) is 2. The van der Waals surface area contributed by atoms with Crippen LogP contribution in [0.2, 0.25) is 0 Å².